The van der Waals surface area contributed by atoms with Crippen molar-refractivity contribution in [2.45, 2.75) is 18.2 Å². The first-order valence-corrected chi connectivity index (χ1v) is 10.9. The maximum absolute atomic E-state index is 12.9. The summed E-state index contributed by atoms with van der Waals surface area (Å²) in [5.41, 5.74) is 1.18. The lowest BCUT2D eigenvalue weighted by Gasteiger charge is -2.22. The van der Waals surface area contributed by atoms with Crippen LogP contribution in [-0.2, 0) is 9.84 Å². The molecule has 0 spiro atoms. The van der Waals surface area contributed by atoms with Gasteiger partial charge in [0.15, 0.2) is 15.7 Å². The fourth-order valence-electron chi connectivity index (χ4n) is 3.01. The Kier molecular flexibility index (Phi) is 5.67. The zero-order valence-corrected chi connectivity index (χ0v) is 16.8. The molecule has 0 aliphatic carbocycles. The molecule has 2 aromatic rings. The molecule has 1 amide bonds. The van der Waals surface area contributed by atoms with Crippen molar-refractivity contribution in [1.29, 1.82) is 0 Å². The molecule has 0 saturated carbocycles. The summed E-state index contributed by atoms with van der Waals surface area (Å²) in [6.07, 6.45) is 1.86. The molecule has 144 valence electrons. The van der Waals surface area contributed by atoms with Crippen molar-refractivity contribution in [1.82, 2.24) is 15.1 Å². The molecule has 1 fully saturated rings. The van der Waals surface area contributed by atoms with E-state index in [4.69, 9.17) is 11.6 Å². The second-order valence-corrected chi connectivity index (χ2v) is 8.97. The van der Waals surface area contributed by atoms with Crippen LogP contribution in [0, 0.1) is 6.92 Å². The van der Waals surface area contributed by atoms with Gasteiger partial charge in [-0.3, -0.25) is 4.79 Å². The average Bonchev–Trinajstić information content (AvgIpc) is 2.87. The standard InChI is InChI=1S/C18H21ClN4O3S/c1-13-4-7-17(21-20-13)22-8-3-9-23(11-10-22)18(24)14-5-6-15(19)16(12-14)27(2,25)26/h4-7,12H,3,8-11H2,1-2H3. The smallest absolute Gasteiger partial charge is 0.253 e. The van der Waals surface area contributed by atoms with Gasteiger partial charge in [0.05, 0.1) is 15.6 Å². The third-order valence-electron chi connectivity index (χ3n) is 4.47. The third kappa shape index (κ3) is 4.56. The van der Waals surface area contributed by atoms with Crippen LogP contribution < -0.4 is 4.90 Å². The second kappa shape index (κ2) is 7.82. The number of hydrogen-bond donors (Lipinski definition) is 0. The third-order valence-corrected chi connectivity index (χ3v) is 6.05. The Morgan fingerprint density at radius 3 is 2.52 bits per heavy atom. The number of aromatic nitrogens is 2. The van der Waals surface area contributed by atoms with Crippen molar-refractivity contribution in [2.24, 2.45) is 0 Å². The molecule has 1 saturated heterocycles. The monoisotopic (exact) mass is 408 g/mol. The molecule has 1 aliphatic rings. The first kappa shape index (κ1) is 19.6. The molecule has 9 heteroatoms. The number of anilines is 1. The summed E-state index contributed by atoms with van der Waals surface area (Å²) in [6.45, 7) is 4.40. The van der Waals surface area contributed by atoms with E-state index >= 15 is 0 Å². The summed E-state index contributed by atoms with van der Waals surface area (Å²) in [7, 11) is -3.50. The lowest BCUT2D eigenvalue weighted by molar-refractivity contribution is 0.0767. The molecule has 1 aromatic heterocycles. The lowest BCUT2D eigenvalue weighted by Crippen LogP contribution is -2.35. The number of carbonyl (C=O) groups is 1. The summed E-state index contributed by atoms with van der Waals surface area (Å²) < 4.78 is 23.7. The van der Waals surface area contributed by atoms with Crippen molar-refractivity contribution in [3.05, 3.63) is 46.6 Å². The molecule has 2 heterocycles. The van der Waals surface area contributed by atoms with E-state index in [0.29, 0.717) is 25.2 Å². The van der Waals surface area contributed by atoms with Crippen LogP contribution in [-0.4, -0.2) is 61.9 Å². The predicted octanol–water partition coefficient (Wildman–Crippen LogP) is 2.19. The SMILES string of the molecule is Cc1ccc(N2CCCN(C(=O)c3ccc(Cl)c(S(C)(=O)=O)c3)CC2)nn1. The van der Waals surface area contributed by atoms with Crippen LogP contribution in [0.1, 0.15) is 22.5 Å². The van der Waals surface area contributed by atoms with Gasteiger partial charge < -0.3 is 9.80 Å². The first-order chi connectivity index (χ1) is 12.8. The molecule has 0 bridgehead atoms. The zero-order valence-electron chi connectivity index (χ0n) is 15.2. The zero-order chi connectivity index (χ0) is 19.6. The van der Waals surface area contributed by atoms with E-state index < -0.39 is 9.84 Å². The Morgan fingerprint density at radius 2 is 1.85 bits per heavy atom. The molecule has 1 aliphatic heterocycles. The minimum atomic E-state index is -3.50. The Labute approximate surface area is 163 Å². The van der Waals surface area contributed by atoms with Gasteiger partial charge in [-0.25, -0.2) is 8.42 Å². The molecule has 0 unspecified atom stereocenters. The number of carbonyl (C=O) groups excluding carboxylic acids is 1. The fraction of sp³-hybridized carbons (Fsp3) is 0.389. The fourth-order valence-corrected chi connectivity index (χ4v) is 4.31. The maximum atomic E-state index is 12.9. The van der Waals surface area contributed by atoms with Crippen LogP contribution in [0.25, 0.3) is 0 Å². The highest BCUT2D eigenvalue weighted by atomic mass is 35.5. The van der Waals surface area contributed by atoms with Gasteiger partial charge in [-0.2, -0.15) is 5.10 Å². The molecule has 0 N–H and O–H groups in total. The van der Waals surface area contributed by atoms with Gasteiger partial charge in [-0.1, -0.05) is 11.6 Å². The Bertz CT molecular complexity index is 948. The van der Waals surface area contributed by atoms with Gasteiger partial charge in [-0.15, -0.1) is 5.10 Å². The molecule has 27 heavy (non-hydrogen) atoms. The molecule has 1 aromatic carbocycles. The number of sulfone groups is 1. The second-order valence-electron chi connectivity index (χ2n) is 6.58. The van der Waals surface area contributed by atoms with E-state index in [1.807, 2.05) is 19.1 Å². The van der Waals surface area contributed by atoms with Gasteiger partial charge in [-0.05, 0) is 43.7 Å². The minimum absolute atomic E-state index is 0.0265. The highest BCUT2D eigenvalue weighted by Gasteiger charge is 2.23. The lowest BCUT2D eigenvalue weighted by atomic mass is 10.2. The quantitative estimate of drug-likeness (QED) is 0.774. The maximum Gasteiger partial charge on any atom is 0.253 e. The van der Waals surface area contributed by atoms with Gasteiger partial charge in [0.1, 0.15) is 0 Å². The van der Waals surface area contributed by atoms with Gasteiger partial charge in [0.2, 0.25) is 0 Å². The number of nitrogens with zero attached hydrogens (tertiary/aromatic N) is 4. The Balaban J connectivity index is 1.76. The summed E-state index contributed by atoms with van der Waals surface area (Å²) >= 11 is 5.97. The van der Waals surface area contributed by atoms with E-state index in [-0.39, 0.29) is 15.8 Å². The van der Waals surface area contributed by atoms with E-state index in [2.05, 4.69) is 15.1 Å². The molecular weight excluding hydrogens is 388 g/mol. The normalized spacial score (nSPS) is 15.5. The highest BCUT2D eigenvalue weighted by molar-refractivity contribution is 7.90. The van der Waals surface area contributed by atoms with Crippen molar-refractivity contribution in [2.75, 3.05) is 37.3 Å². The van der Waals surface area contributed by atoms with Crippen molar-refractivity contribution < 1.29 is 13.2 Å². The number of aryl methyl sites for hydroxylation is 1. The highest BCUT2D eigenvalue weighted by Crippen LogP contribution is 2.24. The van der Waals surface area contributed by atoms with Crippen LogP contribution >= 0.6 is 11.6 Å². The van der Waals surface area contributed by atoms with Crippen LogP contribution in [0.5, 0.6) is 0 Å². The van der Waals surface area contributed by atoms with Crippen LogP contribution in [0.4, 0.5) is 5.82 Å². The summed E-state index contributed by atoms with van der Waals surface area (Å²) in [4.78, 5) is 16.7. The topological polar surface area (TPSA) is 83.5 Å². The number of halogens is 1. The van der Waals surface area contributed by atoms with Crippen molar-refractivity contribution in [3.8, 4) is 0 Å². The van der Waals surface area contributed by atoms with E-state index in [9.17, 15) is 13.2 Å². The van der Waals surface area contributed by atoms with E-state index in [1.165, 1.54) is 12.1 Å². The average molecular weight is 409 g/mol. The molecule has 3 rings (SSSR count). The summed E-state index contributed by atoms with van der Waals surface area (Å²) in [5.74, 6) is 0.592. The Hall–Kier alpha value is -2.19. The predicted molar refractivity (Wildman–Crippen MR) is 104 cm³/mol. The van der Waals surface area contributed by atoms with Crippen molar-refractivity contribution in [3.63, 3.8) is 0 Å². The summed E-state index contributed by atoms with van der Waals surface area (Å²) in [6, 6.07) is 8.21. The van der Waals surface area contributed by atoms with Crippen molar-refractivity contribution >= 4 is 33.2 Å². The molecular formula is C18H21ClN4O3S. The van der Waals surface area contributed by atoms with Crippen LogP contribution in [0.2, 0.25) is 5.02 Å². The van der Waals surface area contributed by atoms with Crippen LogP contribution in [0.3, 0.4) is 0 Å². The van der Waals surface area contributed by atoms with E-state index in [1.54, 1.807) is 11.0 Å². The van der Waals surface area contributed by atoms with Gasteiger partial charge in [0.25, 0.3) is 5.91 Å². The number of amides is 1. The van der Waals surface area contributed by atoms with E-state index in [0.717, 1.165) is 30.7 Å². The molecule has 7 nitrogen and oxygen atoms in total. The molecule has 0 atom stereocenters. The Morgan fingerprint density at radius 1 is 1.07 bits per heavy atom. The minimum Gasteiger partial charge on any atom is -0.353 e. The number of rotatable bonds is 3. The van der Waals surface area contributed by atoms with Gasteiger partial charge in [0, 0.05) is 38.0 Å². The van der Waals surface area contributed by atoms with Crippen LogP contribution in [0.15, 0.2) is 35.2 Å². The van der Waals surface area contributed by atoms with Gasteiger partial charge >= 0.3 is 0 Å². The number of hydrogen-bond acceptors (Lipinski definition) is 6. The summed E-state index contributed by atoms with van der Waals surface area (Å²) in [5, 5.41) is 8.42. The first-order valence-electron chi connectivity index (χ1n) is 8.60. The largest absolute Gasteiger partial charge is 0.353 e. The number of benzene rings is 1. The molecule has 0 radical (unpaired) electrons.